The predicted molar refractivity (Wildman–Crippen MR) is 104 cm³/mol. The molecule has 0 fully saturated rings. The van der Waals surface area contributed by atoms with Crippen molar-refractivity contribution in [1.29, 1.82) is 0 Å². The summed E-state index contributed by atoms with van der Waals surface area (Å²) in [4.78, 5) is 35.4. The molecule has 0 saturated carbocycles. The second-order valence-corrected chi connectivity index (χ2v) is 6.55. The smallest absolute Gasteiger partial charge is 0.266 e. The molecular formula is C22H14N4O3. The normalized spacial score (nSPS) is 13.0. The highest BCUT2D eigenvalue weighted by atomic mass is 16.5. The molecule has 0 bridgehead atoms. The maximum Gasteiger partial charge on any atom is 0.266 e. The van der Waals surface area contributed by atoms with Crippen molar-refractivity contribution in [3.05, 3.63) is 95.6 Å². The topological polar surface area (TPSA) is 89.2 Å². The maximum absolute atomic E-state index is 12.8. The highest BCUT2D eigenvalue weighted by Crippen LogP contribution is 2.31. The van der Waals surface area contributed by atoms with Gasteiger partial charge in [0.05, 0.1) is 23.2 Å². The van der Waals surface area contributed by atoms with Crippen molar-refractivity contribution in [1.82, 2.24) is 15.1 Å². The fourth-order valence-corrected chi connectivity index (χ4v) is 3.39. The Bertz CT molecular complexity index is 1200. The van der Waals surface area contributed by atoms with E-state index in [1.165, 1.54) is 4.90 Å². The summed E-state index contributed by atoms with van der Waals surface area (Å²) in [6, 6.07) is 17.7. The third kappa shape index (κ3) is 2.89. The number of nitrogens with zero attached hydrogens (tertiary/aromatic N) is 4. The number of aromatic nitrogens is 3. The summed E-state index contributed by atoms with van der Waals surface area (Å²) >= 11 is 0. The van der Waals surface area contributed by atoms with Gasteiger partial charge in [-0.25, -0.2) is 4.90 Å². The van der Waals surface area contributed by atoms with Crippen molar-refractivity contribution in [3.63, 3.8) is 0 Å². The molecule has 0 atom stereocenters. The molecule has 2 amide bonds. The van der Waals surface area contributed by atoms with Gasteiger partial charge in [-0.15, -0.1) is 0 Å². The lowest BCUT2D eigenvalue weighted by molar-refractivity contribution is 0.0926. The zero-order valence-electron chi connectivity index (χ0n) is 15.1. The number of benzene rings is 2. The van der Waals surface area contributed by atoms with E-state index in [1.54, 1.807) is 54.9 Å². The fraction of sp³-hybridized carbons (Fsp3) is 0.0455. The Kier molecular flexibility index (Phi) is 3.98. The monoisotopic (exact) mass is 382 g/mol. The first kappa shape index (κ1) is 17.0. The van der Waals surface area contributed by atoms with Crippen LogP contribution in [0.5, 0.6) is 0 Å². The van der Waals surface area contributed by atoms with Crippen molar-refractivity contribution < 1.29 is 14.1 Å². The average molecular weight is 382 g/mol. The van der Waals surface area contributed by atoms with Crippen LogP contribution in [0.25, 0.3) is 11.4 Å². The molecule has 0 radical (unpaired) electrons. The minimum Gasteiger partial charge on any atom is -0.339 e. The number of carbonyl (C=O) groups excluding carboxylic acids is 2. The number of hydrogen-bond acceptors (Lipinski definition) is 6. The summed E-state index contributed by atoms with van der Waals surface area (Å²) in [6.45, 7) is 0. The quantitative estimate of drug-likeness (QED) is 0.502. The van der Waals surface area contributed by atoms with Crippen LogP contribution in [-0.4, -0.2) is 26.9 Å². The number of amides is 2. The fourth-order valence-electron chi connectivity index (χ4n) is 3.39. The van der Waals surface area contributed by atoms with Crippen molar-refractivity contribution in [3.8, 4) is 11.4 Å². The third-order valence-electron chi connectivity index (χ3n) is 4.76. The molecule has 0 N–H and O–H groups in total. The lowest BCUT2D eigenvalue weighted by atomic mass is 10.1. The van der Waals surface area contributed by atoms with Gasteiger partial charge in [0.2, 0.25) is 11.7 Å². The Labute approximate surface area is 165 Å². The molecule has 7 nitrogen and oxygen atoms in total. The summed E-state index contributed by atoms with van der Waals surface area (Å²) in [6.07, 6.45) is 3.61. The van der Waals surface area contributed by atoms with E-state index >= 15 is 0 Å². The van der Waals surface area contributed by atoms with Crippen LogP contribution in [-0.2, 0) is 6.42 Å². The molecule has 29 heavy (non-hydrogen) atoms. The molecule has 2 aromatic heterocycles. The standard InChI is InChI=1S/C22H14N4O3/c27-21-16-8-2-3-9-17(16)22(28)26(21)18-10-4-1-6-14(18)12-19-24-20(25-29-19)15-7-5-11-23-13-15/h1-11,13H,12H2. The lowest BCUT2D eigenvalue weighted by Gasteiger charge is -2.17. The van der Waals surface area contributed by atoms with Crippen LogP contribution < -0.4 is 4.90 Å². The SMILES string of the molecule is O=C1c2ccccc2C(=O)N1c1ccccc1Cc1nc(-c2cccnc2)no1. The van der Waals surface area contributed by atoms with Crippen LogP contribution in [0.4, 0.5) is 5.69 Å². The first-order valence-corrected chi connectivity index (χ1v) is 9.01. The summed E-state index contributed by atoms with van der Waals surface area (Å²) in [5.41, 5.74) is 2.81. The van der Waals surface area contributed by atoms with Crippen molar-refractivity contribution in [2.45, 2.75) is 6.42 Å². The van der Waals surface area contributed by atoms with Gasteiger partial charge >= 0.3 is 0 Å². The number of pyridine rings is 1. The number of para-hydroxylation sites is 1. The highest BCUT2D eigenvalue weighted by molar-refractivity contribution is 6.34. The molecular weight excluding hydrogens is 368 g/mol. The van der Waals surface area contributed by atoms with Crippen molar-refractivity contribution in [2.24, 2.45) is 0 Å². The van der Waals surface area contributed by atoms with Crippen LogP contribution in [0.3, 0.4) is 0 Å². The van der Waals surface area contributed by atoms with Gasteiger partial charge in [-0.1, -0.05) is 35.5 Å². The number of anilines is 1. The van der Waals surface area contributed by atoms with E-state index in [9.17, 15) is 9.59 Å². The molecule has 0 saturated heterocycles. The second-order valence-electron chi connectivity index (χ2n) is 6.55. The maximum atomic E-state index is 12.8. The Morgan fingerprint density at radius 2 is 1.59 bits per heavy atom. The Hall–Kier alpha value is -4.13. The number of hydrogen-bond donors (Lipinski definition) is 0. The Morgan fingerprint density at radius 3 is 2.31 bits per heavy atom. The van der Waals surface area contributed by atoms with Gasteiger partial charge in [0.1, 0.15) is 0 Å². The number of fused-ring (bicyclic) bond motifs is 1. The lowest BCUT2D eigenvalue weighted by Crippen LogP contribution is -2.30. The van der Waals surface area contributed by atoms with Gasteiger partial charge in [-0.2, -0.15) is 4.98 Å². The van der Waals surface area contributed by atoms with Gasteiger partial charge in [0.25, 0.3) is 11.8 Å². The molecule has 0 spiro atoms. The Balaban J connectivity index is 1.48. The molecule has 1 aliphatic heterocycles. The minimum absolute atomic E-state index is 0.289. The minimum atomic E-state index is -0.334. The van der Waals surface area contributed by atoms with Crippen LogP contribution in [0.1, 0.15) is 32.2 Å². The second kappa shape index (κ2) is 6.79. The number of imide groups is 1. The van der Waals surface area contributed by atoms with Crippen LogP contribution in [0, 0.1) is 0 Å². The molecule has 140 valence electrons. The summed E-state index contributed by atoms with van der Waals surface area (Å²) in [7, 11) is 0. The molecule has 5 rings (SSSR count). The van der Waals surface area contributed by atoms with Gasteiger partial charge in [-0.05, 0) is 35.9 Å². The first-order valence-electron chi connectivity index (χ1n) is 9.01. The van der Waals surface area contributed by atoms with E-state index in [2.05, 4.69) is 15.1 Å². The van der Waals surface area contributed by atoms with E-state index in [0.717, 1.165) is 11.1 Å². The van der Waals surface area contributed by atoms with Gasteiger partial charge in [0, 0.05) is 18.0 Å². The van der Waals surface area contributed by atoms with Crippen LogP contribution in [0.15, 0.2) is 77.6 Å². The van der Waals surface area contributed by atoms with Crippen LogP contribution >= 0.6 is 0 Å². The van der Waals surface area contributed by atoms with E-state index in [-0.39, 0.29) is 18.2 Å². The van der Waals surface area contributed by atoms with E-state index < -0.39 is 0 Å². The predicted octanol–water partition coefficient (Wildman–Crippen LogP) is 3.52. The molecule has 2 aromatic carbocycles. The zero-order valence-corrected chi connectivity index (χ0v) is 15.1. The molecule has 1 aliphatic rings. The summed E-state index contributed by atoms with van der Waals surface area (Å²) in [5.74, 6) is 0.151. The van der Waals surface area contributed by atoms with Crippen LogP contribution in [0.2, 0.25) is 0 Å². The van der Waals surface area contributed by atoms with E-state index in [0.29, 0.717) is 28.5 Å². The summed E-state index contributed by atoms with van der Waals surface area (Å²) in [5, 5.41) is 4.00. The van der Waals surface area contributed by atoms with Crippen molar-refractivity contribution >= 4 is 17.5 Å². The number of carbonyl (C=O) groups is 2. The van der Waals surface area contributed by atoms with Gasteiger partial charge in [0.15, 0.2) is 0 Å². The van der Waals surface area contributed by atoms with E-state index in [1.807, 2.05) is 18.2 Å². The molecule has 0 aliphatic carbocycles. The van der Waals surface area contributed by atoms with Gasteiger partial charge in [-0.3, -0.25) is 14.6 Å². The molecule has 0 unspecified atom stereocenters. The molecule has 7 heteroatoms. The van der Waals surface area contributed by atoms with Gasteiger partial charge < -0.3 is 4.52 Å². The highest BCUT2D eigenvalue weighted by Gasteiger charge is 2.37. The van der Waals surface area contributed by atoms with E-state index in [4.69, 9.17) is 4.52 Å². The average Bonchev–Trinajstić information content (AvgIpc) is 3.33. The zero-order chi connectivity index (χ0) is 19.8. The van der Waals surface area contributed by atoms with Crippen molar-refractivity contribution in [2.75, 3.05) is 4.90 Å². The largest absolute Gasteiger partial charge is 0.339 e. The Morgan fingerprint density at radius 1 is 0.862 bits per heavy atom. The first-order chi connectivity index (χ1) is 14.2. The number of rotatable bonds is 4. The molecule has 4 aromatic rings. The molecule has 3 heterocycles. The third-order valence-corrected chi connectivity index (χ3v) is 4.76. The summed E-state index contributed by atoms with van der Waals surface area (Å²) < 4.78 is 5.38.